The number of hydrogen-bond acceptors (Lipinski definition) is 5. The monoisotopic (exact) mass is 451 g/mol. The van der Waals surface area contributed by atoms with Gasteiger partial charge in [0.1, 0.15) is 5.75 Å². The standard InChI is InChI=1S/C26H26ClNO4/c1-4-32-26(30)23-15(2)28-21-13-18(16-5-9-19(27)10-6-16)14-22(29)25(21)24(23)17-7-11-20(31-3)12-8-17/h5-12,18,24,28H,4,13-14H2,1-3H3/t18-,24+/m0/s1. The number of benzene rings is 2. The van der Waals surface area contributed by atoms with E-state index in [4.69, 9.17) is 21.1 Å². The number of esters is 1. The lowest BCUT2D eigenvalue weighted by Crippen LogP contribution is -2.36. The van der Waals surface area contributed by atoms with Gasteiger partial charge in [0.15, 0.2) is 5.78 Å². The first kappa shape index (κ1) is 22.2. The van der Waals surface area contributed by atoms with E-state index >= 15 is 0 Å². The second-order valence-electron chi connectivity index (χ2n) is 8.06. The number of methoxy groups -OCH3 is 1. The van der Waals surface area contributed by atoms with Crippen molar-refractivity contribution in [1.82, 2.24) is 5.32 Å². The van der Waals surface area contributed by atoms with Crippen LogP contribution in [-0.4, -0.2) is 25.5 Å². The minimum atomic E-state index is -0.477. The van der Waals surface area contributed by atoms with E-state index in [2.05, 4.69) is 5.32 Å². The van der Waals surface area contributed by atoms with E-state index in [1.54, 1.807) is 14.0 Å². The van der Waals surface area contributed by atoms with Gasteiger partial charge >= 0.3 is 5.97 Å². The molecule has 0 aromatic heterocycles. The minimum Gasteiger partial charge on any atom is -0.497 e. The van der Waals surface area contributed by atoms with Crippen LogP contribution in [0.15, 0.2) is 71.1 Å². The molecule has 1 aliphatic carbocycles. The van der Waals surface area contributed by atoms with Crippen molar-refractivity contribution in [2.45, 2.75) is 38.5 Å². The number of ketones is 1. The molecule has 0 saturated carbocycles. The first-order valence-corrected chi connectivity index (χ1v) is 11.1. The Labute approximate surface area is 193 Å². The predicted octanol–water partition coefficient (Wildman–Crippen LogP) is 5.27. The van der Waals surface area contributed by atoms with Gasteiger partial charge in [-0.05, 0) is 61.6 Å². The van der Waals surface area contributed by atoms with E-state index in [0.29, 0.717) is 40.5 Å². The van der Waals surface area contributed by atoms with E-state index in [0.717, 1.165) is 16.8 Å². The maximum Gasteiger partial charge on any atom is 0.336 e. The molecule has 2 aromatic rings. The van der Waals surface area contributed by atoms with Crippen LogP contribution in [0, 0.1) is 0 Å². The van der Waals surface area contributed by atoms with Gasteiger partial charge in [0.05, 0.1) is 19.3 Å². The third kappa shape index (κ3) is 4.17. The first-order chi connectivity index (χ1) is 15.4. The molecule has 0 unspecified atom stereocenters. The summed E-state index contributed by atoms with van der Waals surface area (Å²) < 4.78 is 10.6. The van der Waals surface area contributed by atoms with Crippen molar-refractivity contribution >= 4 is 23.4 Å². The highest BCUT2D eigenvalue weighted by Crippen LogP contribution is 2.46. The van der Waals surface area contributed by atoms with Gasteiger partial charge in [-0.15, -0.1) is 0 Å². The highest BCUT2D eigenvalue weighted by atomic mass is 35.5. The summed E-state index contributed by atoms with van der Waals surface area (Å²) in [6.45, 7) is 3.91. The van der Waals surface area contributed by atoms with Gasteiger partial charge in [0.25, 0.3) is 0 Å². The maximum atomic E-state index is 13.5. The summed E-state index contributed by atoms with van der Waals surface area (Å²) in [4.78, 5) is 26.4. The first-order valence-electron chi connectivity index (χ1n) is 10.7. The molecule has 166 valence electrons. The van der Waals surface area contributed by atoms with E-state index in [1.807, 2.05) is 55.5 Å². The summed E-state index contributed by atoms with van der Waals surface area (Å²) in [5, 5.41) is 4.03. The lowest BCUT2D eigenvalue weighted by atomic mass is 9.72. The molecular weight excluding hydrogens is 426 g/mol. The van der Waals surface area contributed by atoms with Crippen molar-refractivity contribution in [3.05, 3.63) is 87.2 Å². The van der Waals surface area contributed by atoms with Gasteiger partial charge in [-0.2, -0.15) is 0 Å². The molecule has 0 saturated heterocycles. The predicted molar refractivity (Wildman–Crippen MR) is 124 cm³/mol. The van der Waals surface area contributed by atoms with Crippen LogP contribution in [0.2, 0.25) is 5.02 Å². The normalized spacial score (nSPS) is 20.6. The number of Topliss-reactive ketones (excluding diaryl/α,β-unsaturated/α-hetero) is 1. The molecule has 0 spiro atoms. The zero-order chi connectivity index (χ0) is 22.8. The van der Waals surface area contributed by atoms with Crippen LogP contribution < -0.4 is 10.1 Å². The van der Waals surface area contributed by atoms with Crippen molar-refractivity contribution in [1.29, 1.82) is 0 Å². The van der Waals surface area contributed by atoms with Gasteiger partial charge < -0.3 is 14.8 Å². The summed E-state index contributed by atoms with van der Waals surface area (Å²) in [6.07, 6.45) is 1.06. The smallest absolute Gasteiger partial charge is 0.336 e. The quantitative estimate of drug-likeness (QED) is 0.627. The van der Waals surface area contributed by atoms with Crippen molar-refractivity contribution in [2.75, 3.05) is 13.7 Å². The molecule has 5 nitrogen and oxygen atoms in total. The van der Waals surface area contributed by atoms with Gasteiger partial charge in [0.2, 0.25) is 0 Å². The highest BCUT2D eigenvalue weighted by Gasteiger charge is 2.41. The lowest BCUT2D eigenvalue weighted by molar-refractivity contribution is -0.138. The van der Waals surface area contributed by atoms with Crippen LogP contribution in [0.1, 0.15) is 49.7 Å². The summed E-state index contributed by atoms with van der Waals surface area (Å²) >= 11 is 6.04. The topological polar surface area (TPSA) is 64.6 Å². The number of carbonyl (C=O) groups is 2. The molecule has 1 heterocycles. The summed E-state index contributed by atoms with van der Waals surface area (Å²) in [5.74, 6) is -0.0753. The van der Waals surface area contributed by atoms with Gasteiger partial charge in [-0.25, -0.2) is 4.79 Å². The lowest BCUT2D eigenvalue weighted by Gasteiger charge is -2.36. The molecule has 2 atom stereocenters. The van der Waals surface area contributed by atoms with Crippen LogP contribution >= 0.6 is 11.6 Å². The van der Waals surface area contributed by atoms with E-state index in [-0.39, 0.29) is 18.3 Å². The van der Waals surface area contributed by atoms with Crippen LogP contribution in [0.25, 0.3) is 0 Å². The Morgan fingerprint density at radius 2 is 1.72 bits per heavy atom. The molecule has 1 aliphatic heterocycles. The average Bonchev–Trinajstić information content (AvgIpc) is 2.78. The van der Waals surface area contributed by atoms with Crippen molar-refractivity contribution in [2.24, 2.45) is 0 Å². The molecule has 0 amide bonds. The summed E-state index contributed by atoms with van der Waals surface area (Å²) in [7, 11) is 1.61. The van der Waals surface area contributed by atoms with E-state index in [9.17, 15) is 9.59 Å². The largest absolute Gasteiger partial charge is 0.497 e. The number of hydrogen-bond donors (Lipinski definition) is 1. The number of ether oxygens (including phenoxy) is 2. The Bertz CT molecular complexity index is 1100. The number of allylic oxidation sites excluding steroid dienone is 3. The molecule has 6 heteroatoms. The number of nitrogens with one attached hydrogen (secondary N) is 1. The molecule has 0 bridgehead atoms. The molecule has 0 fully saturated rings. The molecule has 2 aliphatic rings. The average molecular weight is 452 g/mol. The Hall–Kier alpha value is -3.05. The van der Waals surface area contributed by atoms with Gasteiger partial charge in [-0.1, -0.05) is 35.9 Å². The highest BCUT2D eigenvalue weighted by molar-refractivity contribution is 6.30. The van der Waals surface area contributed by atoms with Gasteiger partial charge in [-0.3, -0.25) is 4.79 Å². The number of carbonyl (C=O) groups excluding carboxylic acids is 2. The van der Waals surface area contributed by atoms with Crippen LogP contribution in [0.3, 0.4) is 0 Å². The van der Waals surface area contributed by atoms with Crippen molar-refractivity contribution < 1.29 is 19.1 Å². The van der Waals surface area contributed by atoms with Crippen molar-refractivity contribution in [3.63, 3.8) is 0 Å². The molecular formula is C26H26ClNO4. The zero-order valence-electron chi connectivity index (χ0n) is 18.4. The van der Waals surface area contributed by atoms with Crippen LogP contribution in [0.4, 0.5) is 0 Å². The second-order valence-corrected chi connectivity index (χ2v) is 8.50. The molecule has 4 rings (SSSR count). The number of rotatable bonds is 5. The Balaban J connectivity index is 1.78. The molecule has 0 radical (unpaired) electrons. The number of halogens is 1. The van der Waals surface area contributed by atoms with Gasteiger partial charge in [0, 0.05) is 34.3 Å². The van der Waals surface area contributed by atoms with Crippen molar-refractivity contribution in [3.8, 4) is 5.75 Å². The summed E-state index contributed by atoms with van der Waals surface area (Å²) in [6, 6.07) is 15.2. The molecule has 1 N–H and O–H groups in total. The third-order valence-electron chi connectivity index (χ3n) is 6.11. The van der Waals surface area contributed by atoms with E-state index in [1.165, 1.54) is 0 Å². The molecule has 2 aromatic carbocycles. The Morgan fingerprint density at radius 3 is 2.34 bits per heavy atom. The second kappa shape index (κ2) is 9.21. The van der Waals surface area contributed by atoms with Crippen LogP contribution in [-0.2, 0) is 14.3 Å². The SMILES string of the molecule is CCOC(=O)C1=C(C)NC2=C(C(=O)C[C@@H](c3ccc(Cl)cc3)C2)[C@@H]1c1ccc(OC)cc1. The zero-order valence-corrected chi connectivity index (χ0v) is 19.2. The Morgan fingerprint density at radius 1 is 1.06 bits per heavy atom. The maximum absolute atomic E-state index is 13.5. The number of dihydropyridines is 1. The fourth-order valence-electron chi connectivity index (χ4n) is 4.62. The fraction of sp³-hybridized carbons (Fsp3) is 0.308. The van der Waals surface area contributed by atoms with E-state index < -0.39 is 11.9 Å². The minimum absolute atomic E-state index is 0.0359. The fourth-order valence-corrected chi connectivity index (χ4v) is 4.74. The third-order valence-corrected chi connectivity index (χ3v) is 6.37. The summed E-state index contributed by atoms with van der Waals surface area (Å²) in [5.41, 5.74) is 4.65. The Kier molecular flexibility index (Phi) is 6.38. The van der Waals surface area contributed by atoms with Crippen LogP contribution in [0.5, 0.6) is 5.75 Å². The molecule has 32 heavy (non-hydrogen) atoms.